The summed E-state index contributed by atoms with van der Waals surface area (Å²) in [6.45, 7) is 18.3. The van der Waals surface area contributed by atoms with E-state index < -0.39 is 5.60 Å². The van der Waals surface area contributed by atoms with Gasteiger partial charge in [0.2, 0.25) is 0 Å². The van der Waals surface area contributed by atoms with E-state index in [4.69, 9.17) is 23.7 Å². The van der Waals surface area contributed by atoms with Crippen LogP contribution in [0.3, 0.4) is 0 Å². The lowest BCUT2D eigenvalue weighted by atomic mass is 9.93. The van der Waals surface area contributed by atoms with E-state index in [1.54, 1.807) is 11.1 Å². The van der Waals surface area contributed by atoms with E-state index in [1.165, 1.54) is 0 Å². The van der Waals surface area contributed by atoms with E-state index in [0.717, 1.165) is 48.3 Å². The lowest BCUT2D eigenvalue weighted by Gasteiger charge is -2.31. The van der Waals surface area contributed by atoms with Gasteiger partial charge in [-0.05, 0) is 69.7 Å². The number of hydrogen-bond donors (Lipinski definition) is 1. The Bertz CT molecular complexity index is 1510. The predicted octanol–water partition coefficient (Wildman–Crippen LogP) is 7.93. The summed E-state index contributed by atoms with van der Waals surface area (Å²) in [5, 5.41) is 7.16. The van der Waals surface area contributed by atoms with Crippen LogP contribution in [0.2, 0.25) is 0 Å². The molecule has 0 unspecified atom stereocenters. The standard InChI is InChI=1S/C36H50N4O6/c1-9-12-16-43-29-20-30(44-17-13-10-2)27(19-26(29)23(4)5)33-31(32(39-46-33)34(41)37-11-3)24-18-25-22-40(15-14-28(25)38-21-24)35(42)45-36(6,7)8/h18-21,23H,9-17,22H2,1-8H3,(H,37,41). The van der Waals surface area contributed by atoms with Crippen molar-refractivity contribution in [2.75, 3.05) is 26.3 Å². The molecule has 0 radical (unpaired) electrons. The number of amides is 2. The molecule has 2 aromatic heterocycles. The van der Waals surface area contributed by atoms with Gasteiger partial charge in [0.15, 0.2) is 11.5 Å². The number of unbranched alkanes of at least 4 members (excludes halogenated alkanes) is 2. The van der Waals surface area contributed by atoms with Crippen LogP contribution in [0.1, 0.15) is 114 Å². The van der Waals surface area contributed by atoms with Gasteiger partial charge in [0.05, 0.1) is 30.9 Å². The van der Waals surface area contributed by atoms with Gasteiger partial charge < -0.3 is 29.0 Å². The third-order valence-electron chi connectivity index (χ3n) is 7.71. The summed E-state index contributed by atoms with van der Waals surface area (Å²) in [5.74, 6) is 1.60. The maximum absolute atomic E-state index is 13.3. The van der Waals surface area contributed by atoms with Gasteiger partial charge in [-0.25, -0.2) is 4.79 Å². The highest BCUT2D eigenvalue weighted by Gasteiger charge is 2.31. The van der Waals surface area contributed by atoms with Crippen molar-refractivity contribution in [2.24, 2.45) is 0 Å². The molecular formula is C36H50N4O6. The number of carbonyl (C=O) groups is 2. The molecule has 0 saturated carbocycles. The minimum Gasteiger partial charge on any atom is -0.493 e. The largest absolute Gasteiger partial charge is 0.493 e. The first-order valence-electron chi connectivity index (χ1n) is 16.6. The second-order valence-corrected chi connectivity index (χ2v) is 13.0. The summed E-state index contributed by atoms with van der Waals surface area (Å²) in [6, 6.07) is 5.95. The molecule has 0 aliphatic carbocycles. The lowest BCUT2D eigenvalue weighted by molar-refractivity contribution is 0.0222. The Balaban J connectivity index is 1.86. The van der Waals surface area contributed by atoms with Crippen LogP contribution < -0.4 is 14.8 Å². The summed E-state index contributed by atoms with van der Waals surface area (Å²) in [6.07, 6.45) is 5.83. The Labute approximate surface area is 273 Å². The Morgan fingerprint density at radius 2 is 1.72 bits per heavy atom. The highest BCUT2D eigenvalue weighted by molar-refractivity contribution is 6.02. The van der Waals surface area contributed by atoms with Crippen molar-refractivity contribution < 1.29 is 28.3 Å². The number of rotatable bonds is 13. The third kappa shape index (κ3) is 8.39. The molecule has 10 heteroatoms. The van der Waals surface area contributed by atoms with Crippen LogP contribution in [-0.4, -0.2) is 58.9 Å². The molecule has 1 N–H and O–H groups in total. The first-order chi connectivity index (χ1) is 22.0. The Morgan fingerprint density at radius 3 is 2.35 bits per heavy atom. The fraction of sp³-hybridized carbons (Fsp3) is 0.556. The number of fused-ring (bicyclic) bond motifs is 1. The van der Waals surface area contributed by atoms with Gasteiger partial charge >= 0.3 is 6.09 Å². The molecule has 0 fully saturated rings. The minimum absolute atomic E-state index is 0.151. The molecule has 0 atom stereocenters. The molecule has 4 rings (SSSR count). The van der Waals surface area contributed by atoms with E-state index in [-0.39, 0.29) is 23.6 Å². The highest BCUT2D eigenvalue weighted by atomic mass is 16.6. The van der Waals surface area contributed by atoms with Gasteiger partial charge in [-0.2, -0.15) is 0 Å². The lowest BCUT2D eigenvalue weighted by Crippen LogP contribution is -2.40. The predicted molar refractivity (Wildman–Crippen MR) is 178 cm³/mol. The van der Waals surface area contributed by atoms with E-state index >= 15 is 0 Å². The zero-order valence-electron chi connectivity index (χ0n) is 28.7. The number of hydrogen-bond acceptors (Lipinski definition) is 8. The highest BCUT2D eigenvalue weighted by Crippen LogP contribution is 2.44. The SMILES string of the molecule is CCCCOc1cc(OCCCC)c(C(C)C)cc1-c1onc(C(=O)NCC)c1-c1cnc2c(c1)CN(C(=O)OC(C)(C)C)CC2. The number of nitrogens with zero attached hydrogens (tertiary/aromatic N) is 3. The monoisotopic (exact) mass is 634 g/mol. The van der Waals surface area contributed by atoms with Crippen LogP contribution in [0.15, 0.2) is 28.9 Å². The normalized spacial score (nSPS) is 13.0. The van der Waals surface area contributed by atoms with Crippen molar-refractivity contribution in [2.45, 2.75) is 106 Å². The number of carbonyl (C=O) groups excluding carboxylic acids is 2. The van der Waals surface area contributed by atoms with E-state index in [1.807, 2.05) is 45.9 Å². The van der Waals surface area contributed by atoms with Gasteiger partial charge in [-0.1, -0.05) is 45.7 Å². The Morgan fingerprint density at radius 1 is 1.02 bits per heavy atom. The molecular weight excluding hydrogens is 584 g/mol. The summed E-state index contributed by atoms with van der Waals surface area (Å²) in [4.78, 5) is 32.7. The van der Waals surface area contributed by atoms with Crippen LogP contribution in [0.5, 0.6) is 11.5 Å². The molecule has 0 bridgehead atoms. The van der Waals surface area contributed by atoms with Crippen molar-refractivity contribution in [3.05, 3.63) is 46.9 Å². The van der Waals surface area contributed by atoms with Crippen LogP contribution in [0.4, 0.5) is 4.79 Å². The summed E-state index contributed by atoms with van der Waals surface area (Å²) < 4.78 is 24.3. The molecule has 0 spiro atoms. The maximum atomic E-state index is 13.3. The molecule has 3 aromatic rings. The first kappa shape index (κ1) is 34.8. The molecule has 3 heterocycles. The van der Waals surface area contributed by atoms with Crippen molar-refractivity contribution >= 4 is 12.0 Å². The summed E-state index contributed by atoms with van der Waals surface area (Å²) in [7, 11) is 0. The average molecular weight is 635 g/mol. The van der Waals surface area contributed by atoms with Crippen LogP contribution >= 0.6 is 0 Å². The number of pyridine rings is 1. The number of nitrogens with one attached hydrogen (secondary N) is 1. The van der Waals surface area contributed by atoms with E-state index in [9.17, 15) is 9.59 Å². The first-order valence-corrected chi connectivity index (χ1v) is 16.6. The second-order valence-electron chi connectivity index (χ2n) is 13.0. The fourth-order valence-electron chi connectivity index (χ4n) is 5.29. The van der Waals surface area contributed by atoms with Gasteiger partial charge in [0, 0.05) is 43.0 Å². The maximum Gasteiger partial charge on any atom is 0.410 e. The van der Waals surface area contributed by atoms with Crippen molar-refractivity contribution in [1.29, 1.82) is 0 Å². The van der Waals surface area contributed by atoms with Crippen molar-refractivity contribution in [3.63, 3.8) is 0 Å². The Hall–Kier alpha value is -4.08. The molecule has 250 valence electrons. The van der Waals surface area contributed by atoms with Crippen molar-refractivity contribution in [1.82, 2.24) is 20.4 Å². The number of aromatic nitrogens is 2. The van der Waals surface area contributed by atoms with E-state index in [2.05, 4.69) is 38.2 Å². The zero-order chi connectivity index (χ0) is 33.4. The molecule has 10 nitrogen and oxygen atoms in total. The summed E-state index contributed by atoms with van der Waals surface area (Å²) in [5.41, 5.74) is 4.22. The van der Waals surface area contributed by atoms with Gasteiger partial charge in [-0.15, -0.1) is 0 Å². The fourth-order valence-corrected chi connectivity index (χ4v) is 5.29. The molecule has 46 heavy (non-hydrogen) atoms. The van der Waals surface area contributed by atoms with Gasteiger partial charge in [0.1, 0.15) is 17.1 Å². The minimum atomic E-state index is -0.599. The molecule has 0 saturated heterocycles. The second kappa shape index (κ2) is 15.5. The third-order valence-corrected chi connectivity index (χ3v) is 7.71. The smallest absolute Gasteiger partial charge is 0.410 e. The van der Waals surface area contributed by atoms with Gasteiger partial charge in [0.25, 0.3) is 5.91 Å². The number of benzene rings is 1. The quantitative estimate of drug-likeness (QED) is 0.189. The van der Waals surface area contributed by atoms with Gasteiger partial charge in [-0.3, -0.25) is 9.78 Å². The number of ether oxygens (including phenoxy) is 3. The van der Waals surface area contributed by atoms with Crippen LogP contribution in [0, 0.1) is 0 Å². The molecule has 1 aliphatic rings. The van der Waals surface area contributed by atoms with E-state index in [0.29, 0.717) is 67.5 Å². The topological polar surface area (TPSA) is 116 Å². The average Bonchev–Trinajstić information content (AvgIpc) is 3.45. The zero-order valence-corrected chi connectivity index (χ0v) is 28.7. The molecule has 1 aromatic carbocycles. The van der Waals surface area contributed by atoms with Crippen LogP contribution in [0.25, 0.3) is 22.5 Å². The summed E-state index contributed by atoms with van der Waals surface area (Å²) >= 11 is 0. The van der Waals surface area contributed by atoms with Crippen LogP contribution in [-0.2, 0) is 17.7 Å². The molecule has 2 amide bonds. The molecule has 1 aliphatic heterocycles. The Kier molecular flexibility index (Phi) is 11.7. The van der Waals surface area contributed by atoms with Crippen molar-refractivity contribution in [3.8, 4) is 33.9 Å².